The molecule has 4 rings (SSSR count). The third-order valence-electron chi connectivity index (χ3n) is 4.67. The highest BCUT2D eigenvalue weighted by Gasteiger charge is 2.29. The van der Waals surface area contributed by atoms with Crippen molar-refractivity contribution in [2.75, 3.05) is 17.2 Å². The number of hydrogen-bond acceptors (Lipinski definition) is 6. The Morgan fingerprint density at radius 3 is 2.50 bits per heavy atom. The highest BCUT2D eigenvalue weighted by molar-refractivity contribution is 5.79. The van der Waals surface area contributed by atoms with Crippen molar-refractivity contribution in [1.82, 2.24) is 19.9 Å². The van der Waals surface area contributed by atoms with Gasteiger partial charge in [0.25, 0.3) is 5.92 Å². The van der Waals surface area contributed by atoms with Crippen LogP contribution in [0.1, 0.15) is 18.1 Å². The molecule has 34 heavy (non-hydrogen) atoms. The lowest BCUT2D eigenvalue weighted by Gasteiger charge is -2.14. The summed E-state index contributed by atoms with van der Waals surface area (Å²) in [5.41, 5.74) is 1.80. The van der Waals surface area contributed by atoms with Crippen LogP contribution < -0.4 is 15.4 Å². The molecule has 2 aromatic carbocycles. The van der Waals surface area contributed by atoms with Gasteiger partial charge in [0.15, 0.2) is 6.61 Å². The van der Waals surface area contributed by atoms with E-state index in [4.69, 9.17) is 0 Å². The van der Waals surface area contributed by atoms with Crippen LogP contribution in [0, 0.1) is 0 Å². The topological polar surface area (TPSA) is 87.8 Å². The van der Waals surface area contributed by atoms with E-state index in [2.05, 4.69) is 35.3 Å². The second-order valence-corrected chi connectivity index (χ2v) is 7.52. The first-order chi connectivity index (χ1) is 16.0. The van der Waals surface area contributed by atoms with E-state index in [1.807, 2.05) is 24.3 Å². The van der Waals surface area contributed by atoms with E-state index in [0.717, 1.165) is 23.4 Å². The number of ether oxygens (including phenoxy) is 1. The number of benzene rings is 2. The summed E-state index contributed by atoms with van der Waals surface area (Å²) < 4.78 is 69.8. The first-order valence-corrected chi connectivity index (χ1v) is 10.1. The molecule has 0 amide bonds. The number of halogens is 5. The highest BCUT2D eigenvalue weighted by atomic mass is 19.4. The Hall–Kier alpha value is -3.96. The predicted molar refractivity (Wildman–Crippen MR) is 116 cm³/mol. The molecular formula is C22H19F5N6O. The van der Waals surface area contributed by atoms with Gasteiger partial charge in [0.05, 0.1) is 0 Å². The Balaban J connectivity index is 1.57. The number of rotatable bonds is 8. The van der Waals surface area contributed by atoms with Crippen LogP contribution in [0.4, 0.5) is 39.5 Å². The molecule has 0 saturated heterocycles. The van der Waals surface area contributed by atoms with E-state index in [-0.39, 0.29) is 29.7 Å². The zero-order chi connectivity index (χ0) is 24.3. The summed E-state index contributed by atoms with van der Waals surface area (Å²) in [7, 11) is 0. The summed E-state index contributed by atoms with van der Waals surface area (Å²) in [4.78, 5) is 14.9. The first kappa shape index (κ1) is 23.2. The number of nitrogens with zero attached hydrogens (tertiary/aromatic N) is 3. The van der Waals surface area contributed by atoms with E-state index in [1.165, 1.54) is 24.3 Å². The number of H-pyrrole nitrogens is 1. The monoisotopic (exact) mass is 478 g/mol. The van der Waals surface area contributed by atoms with Crippen molar-refractivity contribution >= 4 is 28.5 Å². The van der Waals surface area contributed by atoms with E-state index in [0.29, 0.717) is 0 Å². The van der Waals surface area contributed by atoms with Gasteiger partial charge in [0.1, 0.15) is 0 Å². The van der Waals surface area contributed by atoms with Gasteiger partial charge in [-0.3, -0.25) is 0 Å². The molecule has 12 heteroatoms. The second-order valence-electron chi connectivity index (χ2n) is 7.52. The summed E-state index contributed by atoms with van der Waals surface area (Å²) in [5, 5.41) is 6.62. The van der Waals surface area contributed by atoms with E-state index >= 15 is 0 Å². The Morgan fingerprint density at radius 1 is 0.941 bits per heavy atom. The summed E-state index contributed by atoms with van der Waals surface area (Å²) in [6, 6.07) is 12.4. The molecule has 0 bridgehead atoms. The van der Waals surface area contributed by atoms with Gasteiger partial charge in [0, 0.05) is 36.4 Å². The fourth-order valence-electron chi connectivity index (χ4n) is 3.10. The maximum absolute atomic E-state index is 13.6. The van der Waals surface area contributed by atoms with Crippen molar-refractivity contribution in [2.24, 2.45) is 0 Å². The zero-order valence-corrected chi connectivity index (χ0v) is 17.8. The quantitative estimate of drug-likeness (QED) is 0.279. The van der Waals surface area contributed by atoms with Gasteiger partial charge in [-0.15, -0.1) is 0 Å². The molecule has 0 fully saturated rings. The molecular weight excluding hydrogens is 459 g/mol. The minimum atomic E-state index is -4.60. The molecule has 0 radical (unpaired) electrons. The minimum absolute atomic E-state index is 0.0548. The number of alkyl halides is 5. The molecule has 0 unspecified atom stereocenters. The van der Waals surface area contributed by atoms with Gasteiger partial charge in [-0.05, 0) is 41.3 Å². The van der Waals surface area contributed by atoms with Gasteiger partial charge in [-0.1, -0.05) is 18.2 Å². The van der Waals surface area contributed by atoms with Gasteiger partial charge < -0.3 is 20.4 Å². The van der Waals surface area contributed by atoms with Crippen molar-refractivity contribution < 1.29 is 26.7 Å². The fraction of sp³-hybridized carbons (Fsp3) is 0.227. The van der Waals surface area contributed by atoms with Crippen LogP contribution in [0.25, 0.3) is 10.9 Å². The molecule has 0 aliphatic carbocycles. The van der Waals surface area contributed by atoms with Crippen LogP contribution in [-0.4, -0.2) is 32.7 Å². The Morgan fingerprint density at radius 2 is 1.74 bits per heavy atom. The molecule has 2 aromatic heterocycles. The summed E-state index contributed by atoms with van der Waals surface area (Å²) in [6.45, 7) is -0.580. The Bertz CT molecular complexity index is 1280. The number of anilines is 3. The molecule has 4 aromatic rings. The number of aromatic nitrogens is 4. The number of aromatic amines is 1. The zero-order valence-electron chi connectivity index (χ0n) is 17.8. The molecule has 0 saturated carbocycles. The average Bonchev–Trinajstić information content (AvgIpc) is 3.23. The van der Waals surface area contributed by atoms with Crippen molar-refractivity contribution in [3.05, 3.63) is 65.9 Å². The predicted octanol–water partition coefficient (Wildman–Crippen LogP) is 5.76. The summed E-state index contributed by atoms with van der Waals surface area (Å²) in [6.07, 6.45) is -2.79. The maximum Gasteiger partial charge on any atom is 0.422 e. The van der Waals surface area contributed by atoms with Crippen molar-refractivity contribution in [3.63, 3.8) is 0 Å². The third-order valence-corrected chi connectivity index (χ3v) is 4.67. The van der Waals surface area contributed by atoms with Gasteiger partial charge >= 0.3 is 12.2 Å². The molecule has 0 spiro atoms. The van der Waals surface area contributed by atoms with Crippen LogP contribution in [0.15, 0.2) is 54.7 Å². The normalized spacial score (nSPS) is 12.1. The molecule has 7 nitrogen and oxygen atoms in total. The first-order valence-electron chi connectivity index (χ1n) is 10.1. The smallest absolute Gasteiger partial charge is 0.422 e. The number of hydrogen-bond donors (Lipinski definition) is 3. The fourth-order valence-corrected chi connectivity index (χ4v) is 3.10. The highest BCUT2D eigenvalue weighted by Crippen LogP contribution is 2.29. The van der Waals surface area contributed by atoms with Crippen LogP contribution >= 0.6 is 0 Å². The van der Waals surface area contributed by atoms with Crippen molar-refractivity contribution in [3.8, 4) is 6.01 Å². The van der Waals surface area contributed by atoms with Crippen LogP contribution in [0.2, 0.25) is 0 Å². The van der Waals surface area contributed by atoms with Crippen molar-refractivity contribution in [1.29, 1.82) is 0 Å². The van der Waals surface area contributed by atoms with Crippen LogP contribution in [-0.2, 0) is 12.5 Å². The Labute approximate surface area is 190 Å². The van der Waals surface area contributed by atoms with Gasteiger partial charge in [-0.25, -0.2) is 8.78 Å². The SMILES string of the molecule is CC(F)(F)c1cccc(Nc2nc(NCc3ccc4[nH]ccc4c3)nc(OCC(F)(F)F)n2)c1. The lowest BCUT2D eigenvalue weighted by Crippen LogP contribution is -2.21. The Kier molecular flexibility index (Phi) is 6.22. The van der Waals surface area contributed by atoms with Crippen LogP contribution in [0.5, 0.6) is 6.01 Å². The molecule has 2 heterocycles. The van der Waals surface area contributed by atoms with Gasteiger partial charge in [-0.2, -0.15) is 28.1 Å². The number of fused-ring (bicyclic) bond motifs is 1. The number of nitrogens with one attached hydrogen (secondary N) is 3. The van der Waals surface area contributed by atoms with E-state index in [1.54, 1.807) is 6.20 Å². The second kappa shape index (κ2) is 9.12. The molecule has 3 N–H and O–H groups in total. The van der Waals surface area contributed by atoms with Crippen LogP contribution in [0.3, 0.4) is 0 Å². The lowest BCUT2D eigenvalue weighted by molar-refractivity contribution is -0.154. The largest absolute Gasteiger partial charge is 0.454 e. The minimum Gasteiger partial charge on any atom is -0.454 e. The van der Waals surface area contributed by atoms with Crippen molar-refractivity contribution in [2.45, 2.75) is 25.6 Å². The molecule has 0 aliphatic rings. The summed E-state index contributed by atoms with van der Waals surface area (Å²) >= 11 is 0. The third kappa shape index (κ3) is 6.09. The molecule has 178 valence electrons. The molecule has 0 aliphatic heterocycles. The lowest BCUT2D eigenvalue weighted by atomic mass is 10.1. The average molecular weight is 478 g/mol. The van der Waals surface area contributed by atoms with E-state index < -0.39 is 24.7 Å². The van der Waals surface area contributed by atoms with E-state index in [9.17, 15) is 22.0 Å². The van der Waals surface area contributed by atoms with Gasteiger partial charge in [0.2, 0.25) is 11.9 Å². The molecule has 0 atom stereocenters. The maximum atomic E-state index is 13.6. The standard InChI is InChI=1S/C22H19F5N6O/c1-21(23,24)15-3-2-4-16(10-15)30-19-31-18(32-20(33-19)34-12-22(25,26)27)29-11-13-5-6-17-14(9-13)7-8-28-17/h2-10,28H,11-12H2,1H3,(H2,29,30,31,32,33). The summed E-state index contributed by atoms with van der Waals surface area (Å²) in [5.74, 6) is -3.31.